The van der Waals surface area contributed by atoms with Gasteiger partial charge in [0.2, 0.25) is 5.95 Å². The van der Waals surface area contributed by atoms with E-state index in [0.29, 0.717) is 5.96 Å². The van der Waals surface area contributed by atoms with Gasteiger partial charge in [-0.2, -0.15) is 0 Å². The Morgan fingerprint density at radius 3 is 2.28 bits per heavy atom. The van der Waals surface area contributed by atoms with Crippen molar-refractivity contribution in [2.24, 2.45) is 10.7 Å². The summed E-state index contributed by atoms with van der Waals surface area (Å²) in [5, 5.41) is 3.11. The number of anilines is 2. The smallest absolute Gasteiger partial charge is 0.225 e. The van der Waals surface area contributed by atoms with Crippen LogP contribution < -0.4 is 15.5 Å². The van der Waals surface area contributed by atoms with Crippen LogP contribution in [0.15, 0.2) is 35.0 Å². The maximum Gasteiger partial charge on any atom is 0.225 e. The highest BCUT2D eigenvalue weighted by Crippen LogP contribution is 2.18. The molecule has 29 heavy (non-hydrogen) atoms. The first kappa shape index (κ1) is 22.0. The van der Waals surface area contributed by atoms with Crippen molar-refractivity contribution >= 4 is 52.4 Å². The topological polar surface area (TPSA) is 90.0 Å². The molecule has 0 aliphatic carbocycles. The Balaban J connectivity index is 0.00000240. The van der Waals surface area contributed by atoms with Crippen molar-refractivity contribution in [3.05, 3.63) is 30.0 Å². The molecule has 2 fully saturated rings. The molecule has 0 spiro atoms. The molecule has 2 aliphatic rings. The van der Waals surface area contributed by atoms with E-state index in [1.165, 1.54) is 0 Å². The van der Waals surface area contributed by atoms with E-state index in [4.69, 9.17) is 5.73 Å². The summed E-state index contributed by atoms with van der Waals surface area (Å²) in [6, 6.07) is 1.85. The zero-order chi connectivity index (χ0) is 19.2. The van der Waals surface area contributed by atoms with Crippen LogP contribution in [0.4, 0.5) is 11.1 Å². The Kier molecular flexibility index (Phi) is 8.24. The van der Waals surface area contributed by atoms with Crippen molar-refractivity contribution in [3.63, 3.8) is 0 Å². The molecule has 0 amide bonds. The van der Waals surface area contributed by atoms with Gasteiger partial charge in [-0.15, -0.1) is 35.3 Å². The van der Waals surface area contributed by atoms with Gasteiger partial charge in [0, 0.05) is 82.9 Å². The molecule has 9 nitrogen and oxygen atoms in total. The number of halogens is 1. The van der Waals surface area contributed by atoms with Crippen LogP contribution in [0.5, 0.6) is 0 Å². The molecular formula is C18H28IN9S. The first-order valence-corrected chi connectivity index (χ1v) is 10.6. The van der Waals surface area contributed by atoms with Gasteiger partial charge >= 0.3 is 0 Å². The largest absolute Gasteiger partial charge is 0.370 e. The number of aromatic nitrogens is 3. The number of rotatable bonds is 5. The van der Waals surface area contributed by atoms with E-state index in [9.17, 15) is 0 Å². The summed E-state index contributed by atoms with van der Waals surface area (Å²) in [6.45, 7) is 9.23. The maximum atomic E-state index is 6.23. The lowest BCUT2D eigenvalue weighted by Gasteiger charge is -2.35. The number of hydrogen-bond acceptors (Lipinski definition) is 8. The lowest BCUT2D eigenvalue weighted by molar-refractivity contribution is 0.263. The molecule has 0 atom stereocenters. The highest BCUT2D eigenvalue weighted by Gasteiger charge is 2.20. The van der Waals surface area contributed by atoms with E-state index in [1.54, 1.807) is 23.7 Å². The minimum absolute atomic E-state index is 0. The third kappa shape index (κ3) is 5.89. The van der Waals surface area contributed by atoms with Crippen LogP contribution in [0.25, 0.3) is 0 Å². The second-order valence-corrected chi connectivity index (χ2v) is 7.78. The fraction of sp³-hybridized carbons (Fsp3) is 0.556. The predicted molar refractivity (Wildman–Crippen MR) is 128 cm³/mol. The van der Waals surface area contributed by atoms with Crippen LogP contribution in [-0.4, -0.2) is 96.2 Å². The lowest BCUT2D eigenvalue weighted by Crippen LogP contribution is -2.51. The summed E-state index contributed by atoms with van der Waals surface area (Å²) >= 11 is 1.69. The molecule has 0 unspecified atom stereocenters. The van der Waals surface area contributed by atoms with Gasteiger partial charge in [-0.25, -0.2) is 15.0 Å². The van der Waals surface area contributed by atoms with Crippen LogP contribution in [0.2, 0.25) is 0 Å². The molecule has 0 radical (unpaired) electrons. The Bertz CT molecular complexity index is 742. The first-order valence-electron chi connectivity index (χ1n) is 9.73. The van der Waals surface area contributed by atoms with Crippen LogP contribution in [0.1, 0.15) is 0 Å². The molecule has 4 rings (SSSR count). The predicted octanol–water partition coefficient (Wildman–Crippen LogP) is 0.810. The van der Waals surface area contributed by atoms with E-state index in [1.807, 2.05) is 17.6 Å². The number of piperazine rings is 2. The van der Waals surface area contributed by atoms with Crippen LogP contribution in [-0.2, 0) is 0 Å². The highest BCUT2D eigenvalue weighted by molar-refractivity contribution is 14.0. The van der Waals surface area contributed by atoms with Gasteiger partial charge in [0.1, 0.15) is 0 Å². The van der Waals surface area contributed by atoms with E-state index in [-0.39, 0.29) is 24.0 Å². The fourth-order valence-electron chi connectivity index (χ4n) is 3.53. The Morgan fingerprint density at radius 2 is 1.62 bits per heavy atom. The molecule has 4 heterocycles. The summed E-state index contributed by atoms with van der Waals surface area (Å²) < 4.78 is 0. The van der Waals surface area contributed by atoms with E-state index < -0.39 is 0 Å². The molecule has 0 aromatic carbocycles. The number of guanidine groups is 1. The van der Waals surface area contributed by atoms with Gasteiger partial charge in [0.15, 0.2) is 11.1 Å². The monoisotopic (exact) mass is 529 g/mol. The van der Waals surface area contributed by atoms with Gasteiger partial charge in [-0.1, -0.05) is 0 Å². The second-order valence-electron chi connectivity index (χ2n) is 6.91. The van der Waals surface area contributed by atoms with E-state index >= 15 is 0 Å². The zero-order valence-electron chi connectivity index (χ0n) is 16.4. The summed E-state index contributed by atoms with van der Waals surface area (Å²) in [4.78, 5) is 26.8. The Hall–Kier alpha value is -1.73. The molecule has 158 valence electrons. The third-order valence-corrected chi connectivity index (χ3v) is 6.02. The average Bonchev–Trinajstić information content (AvgIpc) is 3.30. The van der Waals surface area contributed by atoms with Crippen molar-refractivity contribution < 1.29 is 0 Å². The second kappa shape index (κ2) is 10.9. The highest BCUT2D eigenvalue weighted by atomic mass is 127. The number of thiazole rings is 1. The molecule has 2 aromatic rings. The molecule has 11 heteroatoms. The molecule has 2 saturated heterocycles. The van der Waals surface area contributed by atoms with Crippen molar-refractivity contribution in [2.75, 3.05) is 75.2 Å². The van der Waals surface area contributed by atoms with Crippen molar-refractivity contribution in [3.8, 4) is 0 Å². The van der Waals surface area contributed by atoms with Crippen LogP contribution >= 0.6 is 35.3 Å². The molecule has 0 bridgehead atoms. The zero-order valence-corrected chi connectivity index (χ0v) is 19.6. The van der Waals surface area contributed by atoms with Crippen molar-refractivity contribution in [1.82, 2.24) is 24.8 Å². The standard InChI is InChI=1S/C18H27N9S.HI/c19-16(25-11-13-27(14-12-25)18-23-5-15-28-18)20-4-6-24-7-9-26(10-8-24)17-21-2-1-3-22-17;/h1-3,5,15H,4,6-14H2,(H2,19,20);1H. The minimum atomic E-state index is 0. The van der Waals surface area contributed by atoms with E-state index in [0.717, 1.165) is 76.5 Å². The van der Waals surface area contributed by atoms with Gasteiger partial charge in [0.05, 0.1) is 6.54 Å². The van der Waals surface area contributed by atoms with Crippen molar-refractivity contribution in [1.29, 1.82) is 0 Å². The van der Waals surface area contributed by atoms with Gasteiger partial charge in [-0.3, -0.25) is 9.89 Å². The summed E-state index contributed by atoms with van der Waals surface area (Å²) in [6.07, 6.45) is 5.45. The molecule has 2 N–H and O–H groups in total. The van der Waals surface area contributed by atoms with Crippen molar-refractivity contribution in [2.45, 2.75) is 0 Å². The molecule has 0 saturated carbocycles. The fourth-order valence-corrected chi connectivity index (χ4v) is 4.23. The third-order valence-electron chi connectivity index (χ3n) is 5.19. The van der Waals surface area contributed by atoms with E-state index in [2.05, 4.69) is 39.5 Å². The minimum Gasteiger partial charge on any atom is -0.370 e. The number of nitrogens with zero attached hydrogens (tertiary/aromatic N) is 8. The molecule has 2 aromatic heterocycles. The number of hydrogen-bond donors (Lipinski definition) is 1. The van der Waals surface area contributed by atoms with Gasteiger partial charge in [0.25, 0.3) is 0 Å². The summed E-state index contributed by atoms with van der Waals surface area (Å²) in [7, 11) is 0. The molecule has 2 aliphatic heterocycles. The normalized spacial score (nSPS) is 18.6. The Morgan fingerprint density at radius 1 is 0.931 bits per heavy atom. The first-order chi connectivity index (χ1) is 13.8. The van der Waals surface area contributed by atoms with Crippen LogP contribution in [0.3, 0.4) is 0 Å². The number of aliphatic imine (C=N–C) groups is 1. The molecular weight excluding hydrogens is 501 g/mol. The summed E-state index contributed by atoms with van der Waals surface area (Å²) in [5.74, 6) is 1.48. The Labute approximate surface area is 192 Å². The summed E-state index contributed by atoms with van der Waals surface area (Å²) in [5.41, 5.74) is 6.23. The maximum absolute atomic E-state index is 6.23. The number of nitrogens with two attached hydrogens (primary N) is 1. The average molecular weight is 529 g/mol. The van der Waals surface area contributed by atoms with Crippen LogP contribution in [0, 0.1) is 0 Å². The SMILES string of the molecule is I.NC(=NCCN1CCN(c2ncccn2)CC1)N1CCN(c2nccs2)CC1. The van der Waals surface area contributed by atoms with Gasteiger partial charge < -0.3 is 20.4 Å². The lowest BCUT2D eigenvalue weighted by atomic mass is 10.3. The van der Waals surface area contributed by atoms with Gasteiger partial charge in [-0.05, 0) is 6.07 Å². The quantitative estimate of drug-likeness (QED) is 0.346.